The normalized spacial score (nSPS) is 18.9. The Morgan fingerprint density at radius 3 is 2.65 bits per heavy atom. The molecule has 4 nitrogen and oxygen atoms in total. The molecule has 0 spiro atoms. The third kappa shape index (κ3) is 2.48. The molecule has 0 radical (unpaired) electrons. The number of benzene rings is 1. The predicted molar refractivity (Wildman–Crippen MR) is 69.0 cm³/mol. The van der Waals surface area contributed by atoms with Crippen LogP contribution in [0.25, 0.3) is 11.4 Å². The molecule has 0 unspecified atom stereocenters. The average Bonchev–Trinajstić information content (AvgIpc) is 3.01. The van der Waals surface area contributed by atoms with E-state index in [0.717, 1.165) is 30.2 Å². The van der Waals surface area contributed by atoms with Crippen molar-refractivity contribution in [3.63, 3.8) is 0 Å². The lowest BCUT2D eigenvalue weighted by atomic mass is 10.2. The molecule has 3 rings (SSSR count). The van der Waals surface area contributed by atoms with Crippen LogP contribution in [0.15, 0.2) is 30.3 Å². The summed E-state index contributed by atoms with van der Waals surface area (Å²) in [5, 5.41) is 11.8. The first-order valence-corrected chi connectivity index (χ1v) is 5.65. The molecule has 2 heterocycles. The molecule has 1 aromatic carbocycles. The number of aromatic amines is 1. The molecule has 0 aliphatic carbocycles. The molecule has 1 aliphatic heterocycles. The summed E-state index contributed by atoms with van der Waals surface area (Å²) in [6.45, 7) is 1.08. The fourth-order valence-corrected chi connectivity index (χ4v) is 2.08. The van der Waals surface area contributed by atoms with Gasteiger partial charge in [-0.1, -0.05) is 30.3 Å². The Morgan fingerprint density at radius 1 is 1.12 bits per heavy atom. The number of hydrogen-bond donors (Lipinski definition) is 2. The van der Waals surface area contributed by atoms with Crippen LogP contribution in [0.2, 0.25) is 0 Å². The average molecular weight is 251 g/mol. The van der Waals surface area contributed by atoms with E-state index in [4.69, 9.17) is 0 Å². The zero-order valence-corrected chi connectivity index (χ0v) is 10.2. The molecule has 0 saturated carbocycles. The van der Waals surface area contributed by atoms with Gasteiger partial charge in [-0.2, -0.15) is 0 Å². The molecule has 1 atom stereocenters. The molecule has 1 aliphatic rings. The van der Waals surface area contributed by atoms with Crippen LogP contribution >= 0.6 is 12.4 Å². The van der Waals surface area contributed by atoms with Crippen molar-refractivity contribution in [1.29, 1.82) is 0 Å². The van der Waals surface area contributed by atoms with E-state index in [9.17, 15) is 0 Å². The van der Waals surface area contributed by atoms with Crippen LogP contribution in [0, 0.1) is 0 Å². The van der Waals surface area contributed by atoms with Gasteiger partial charge in [0.05, 0.1) is 6.04 Å². The SMILES string of the molecule is Cl.c1ccc(-c2nnc([C@@H]3CCCN3)[nH]2)cc1. The van der Waals surface area contributed by atoms with Gasteiger partial charge in [-0.25, -0.2) is 0 Å². The van der Waals surface area contributed by atoms with E-state index in [1.54, 1.807) is 0 Å². The summed E-state index contributed by atoms with van der Waals surface area (Å²) in [6, 6.07) is 10.4. The van der Waals surface area contributed by atoms with E-state index in [1.165, 1.54) is 6.42 Å². The van der Waals surface area contributed by atoms with Crippen LogP contribution in [-0.2, 0) is 0 Å². The van der Waals surface area contributed by atoms with Gasteiger partial charge in [-0.3, -0.25) is 0 Å². The van der Waals surface area contributed by atoms with Gasteiger partial charge >= 0.3 is 0 Å². The lowest BCUT2D eigenvalue weighted by Gasteiger charge is -2.03. The van der Waals surface area contributed by atoms with E-state index < -0.39 is 0 Å². The Hall–Kier alpha value is -1.39. The maximum Gasteiger partial charge on any atom is 0.161 e. The molecule has 2 aromatic rings. The second-order valence-electron chi connectivity index (χ2n) is 4.07. The van der Waals surface area contributed by atoms with E-state index in [1.807, 2.05) is 30.3 Å². The summed E-state index contributed by atoms with van der Waals surface area (Å²) < 4.78 is 0. The van der Waals surface area contributed by atoms with Crippen LogP contribution in [0.1, 0.15) is 24.7 Å². The third-order valence-electron chi connectivity index (χ3n) is 2.94. The van der Waals surface area contributed by atoms with Gasteiger partial charge in [0.1, 0.15) is 5.82 Å². The number of nitrogens with one attached hydrogen (secondary N) is 2. The highest BCUT2D eigenvalue weighted by atomic mass is 35.5. The van der Waals surface area contributed by atoms with Gasteiger partial charge in [-0.05, 0) is 19.4 Å². The first-order chi connectivity index (χ1) is 7.93. The fourth-order valence-electron chi connectivity index (χ4n) is 2.08. The summed E-state index contributed by atoms with van der Waals surface area (Å²) in [6.07, 6.45) is 2.36. The summed E-state index contributed by atoms with van der Waals surface area (Å²) in [5.41, 5.74) is 1.08. The van der Waals surface area contributed by atoms with Crippen LogP contribution in [0.3, 0.4) is 0 Å². The van der Waals surface area contributed by atoms with Crippen molar-refractivity contribution in [2.24, 2.45) is 0 Å². The fraction of sp³-hybridized carbons (Fsp3) is 0.333. The Kier molecular flexibility index (Phi) is 3.76. The van der Waals surface area contributed by atoms with Crippen LogP contribution in [0.5, 0.6) is 0 Å². The quantitative estimate of drug-likeness (QED) is 0.860. The van der Waals surface area contributed by atoms with Crippen molar-refractivity contribution in [1.82, 2.24) is 20.5 Å². The number of hydrogen-bond acceptors (Lipinski definition) is 3. The standard InChI is InChI=1S/C12H14N4.ClH/c1-2-5-9(6-3-1)11-14-12(16-15-11)10-7-4-8-13-10;/h1-3,5-6,10,13H,4,7-8H2,(H,14,15,16);1H/t10-;/m0./s1. The van der Waals surface area contributed by atoms with Gasteiger partial charge in [0, 0.05) is 5.56 Å². The first-order valence-electron chi connectivity index (χ1n) is 5.65. The first kappa shape index (κ1) is 12.1. The third-order valence-corrected chi connectivity index (χ3v) is 2.94. The Balaban J connectivity index is 0.00000108. The number of rotatable bonds is 2. The highest BCUT2D eigenvalue weighted by molar-refractivity contribution is 5.85. The Bertz CT molecular complexity index is 462. The molecule has 90 valence electrons. The smallest absolute Gasteiger partial charge is 0.161 e. The monoisotopic (exact) mass is 250 g/mol. The van der Waals surface area contributed by atoms with Crippen molar-refractivity contribution < 1.29 is 0 Å². The second kappa shape index (κ2) is 5.29. The second-order valence-corrected chi connectivity index (χ2v) is 4.07. The minimum atomic E-state index is 0. The maximum atomic E-state index is 4.21. The summed E-state index contributed by atoms with van der Waals surface area (Å²) in [7, 11) is 0. The van der Waals surface area contributed by atoms with Gasteiger partial charge in [0.2, 0.25) is 0 Å². The topological polar surface area (TPSA) is 53.6 Å². The lowest BCUT2D eigenvalue weighted by molar-refractivity contribution is 0.608. The Morgan fingerprint density at radius 2 is 1.94 bits per heavy atom. The van der Waals surface area contributed by atoms with E-state index in [-0.39, 0.29) is 12.4 Å². The number of halogens is 1. The molecule has 17 heavy (non-hydrogen) atoms. The van der Waals surface area contributed by atoms with Crippen LogP contribution in [0.4, 0.5) is 0 Å². The van der Waals surface area contributed by atoms with Crippen LogP contribution in [-0.4, -0.2) is 21.7 Å². The number of nitrogens with zero attached hydrogens (tertiary/aromatic N) is 2. The molecular formula is C12H15ClN4. The highest BCUT2D eigenvalue weighted by Crippen LogP contribution is 2.22. The van der Waals surface area contributed by atoms with Gasteiger partial charge in [0.25, 0.3) is 0 Å². The van der Waals surface area contributed by atoms with E-state index in [2.05, 4.69) is 20.5 Å². The predicted octanol–water partition coefficient (Wildman–Crippen LogP) is 2.32. The van der Waals surface area contributed by atoms with Crippen molar-refractivity contribution in [3.8, 4) is 11.4 Å². The molecule has 1 fully saturated rings. The van der Waals surface area contributed by atoms with E-state index >= 15 is 0 Å². The molecule has 5 heteroatoms. The molecular weight excluding hydrogens is 236 g/mol. The number of aromatic nitrogens is 3. The minimum absolute atomic E-state index is 0. The highest BCUT2D eigenvalue weighted by Gasteiger charge is 2.19. The summed E-state index contributed by atoms with van der Waals surface area (Å²) >= 11 is 0. The number of H-pyrrole nitrogens is 1. The molecule has 2 N–H and O–H groups in total. The summed E-state index contributed by atoms with van der Waals surface area (Å²) in [4.78, 5) is 3.29. The Labute approximate surface area is 106 Å². The van der Waals surface area contributed by atoms with Crippen molar-refractivity contribution in [3.05, 3.63) is 36.2 Å². The van der Waals surface area contributed by atoms with Gasteiger partial charge < -0.3 is 10.3 Å². The van der Waals surface area contributed by atoms with Crippen molar-refractivity contribution >= 4 is 12.4 Å². The molecule has 1 saturated heterocycles. The maximum absolute atomic E-state index is 4.21. The van der Waals surface area contributed by atoms with E-state index in [0.29, 0.717) is 6.04 Å². The minimum Gasteiger partial charge on any atom is -0.324 e. The zero-order valence-electron chi connectivity index (χ0n) is 9.39. The van der Waals surface area contributed by atoms with Gasteiger partial charge in [0.15, 0.2) is 5.82 Å². The lowest BCUT2D eigenvalue weighted by Crippen LogP contribution is -2.14. The van der Waals surface area contributed by atoms with Crippen molar-refractivity contribution in [2.45, 2.75) is 18.9 Å². The van der Waals surface area contributed by atoms with Crippen LogP contribution < -0.4 is 5.32 Å². The molecule has 0 amide bonds. The van der Waals surface area contributed by atoms with Gasteiger partial charge in [-0.15, -0.1) is 22.6 Å². The molecule has 1 aromatic heterocycles. The van der Waals surface area contributed by atoms with Crippen molar-refractivity contribution in [2.75, 3.05) is 6.54 Å². The zero-order chi connectivity index (χ0) is 10.8. The largest absolute Gasteiger partial charge is 0.324 e. The molecule has 0 bridgehead atoms. The summed E-state index contributed by atoms with van der Waals surface area (Å²) in [5.74, 6) is 1.81.